The van der Waals surface area contributed by atoms with E-state index in [4.69, 9.17) is 0 Å². The molecule has 0 unspecified atom stereocenters. The van der Waals surface area contributed by atoms with Crippen molar-refractivity contribution >= 4 is 11.8 Å². The molecule has 1 rings (SSSR count). The zero-order valence-corrected chi connectivity index (χ0v) is 20.1. The molecule has 3 N–H and O–H groups in total. The first-order valence-corrected chi connectivity index (χ1v) is 10.7. The third-order valence-electron chi connectivity index (χ3n) is 5.99. The van der Waals surface area contributed by atoms with Crippen molar-refractivity contribution in [2.45, 2.75) is 72.0 Å². The molecule has 1 aromatic carbocycles. The molecule has 0 aliphatic heterocycles. The lowest BCUT2D eigenvalue weighted by atomic mass is 9.76. The number of nitrogens with one attached hydrogen (secondary N) is 2. The Morgan fingerprint density at radius 2 is 1.57 bits per heavy atom. The van der Waals surface area contributed by atoms with Crippen LogP contribution in [-0.4, -0.2) is 60.6 Å². The molecule has 6 nitrogen and oxygen atoms in total. The zero-order chi connectivity index (χ0) is 23.3. The number of amides is 2. The van der Waals surface area contributed by atoms with Gasteiger partial charge < -0.3 is 20.6 Å². The van der Waals surface area contributed by atoms with E-state index in [2.05, 4.69) is 10.6 Å². The fraction of sp³-hybridized carbons (Fsp3) is 0.667. The molecule has 0 bridgehead atoms. The molecule has 1 aromatic rings. The maximum Gasteiger partial charge on any atom is 0.245 e. The molecule has 3 atom stereocenters. The van der Waals surface area contributed by atoms with Gasteiger partial charge in [-0.05, 0) is 23.9 Å². The van der Waals surface area contributed by atoms with Gasteiger partial charge in [0, 0.05) is 12.5 Å². The van der Waals surface area contributed by atoms with Crippen LogP contribution in [0.5, 0.6) is 0 Å². The van der Waals surface area contributed by atoms with E-state index in [0.717, 1.165) is 5.56 Å². The van der Waals surface area contributed by atoms with Crippen molar-refractivity contribution in [2.75, 3.05) is 20.7 Å². The summed E-state index contributed by atoms with van der Waals surface area (Å²) >= 11 is 0. The monoisotopic (exact) mass is 419 g/mol. The number of nitrogens with zero attached hydrogens (tertiary/aromatic N) is 1. The molecule has 0 saturated heterocycles. The van der Waals surface area contributed by atoms with Gasteiger partial charge in [-0.15, -0.1) is 0 Å². The second-order valence-corrected chi connectivity index (χ2v) is 10.1. The number of likely N-dealkylation sites (N-methyl/N-ethyl adjacent to an activating group) is 2. The van der Waals surface area contributed by atoms with Crippen LogP contribution >= 0.6 is 0 Å². The van der Waals surface area contributed by atoms with Gasteiger partial charge in [0.1, 0.15) is 6.04 Å². The number of benzene rings is 1. The fourth-order valence-electron chi connectivity index (χ4n) is 3.88. The van der Waals surface area contributed by atoms with Crippen LogP contribution in [0.15, 0.2) is 30.3 Å². The summed E-state index contributed by atoms with van der Waals surface area (Å²) in [5, 5.41) is 15.9. The molecular weight excluding hydrogens is 378 g/mol. The average Bonchev–Trinajstić information content (AvgIpc) is 2.65. The average molecular weight is 420 g/mol. The number of aliphatic hydroxyl groups is 1. The van der Waals surface area contributed by atoms with Gasteiger partial charge in [-0.1, -0.05) is 78.8 Å². The van der Waals surface area contributed by atoms with Gasteiger partial charge in [-0.25, -0.2) is 0 Å². The van der Waals surface area contributed by atoms with E-state index >= 15 is 0 Å². The minimum absolute atomic E-state index is 0.0994. The van der Waals surface area contributed by atoms with Gasteiger partial charge in [0.2, 0.25) is 11.8 Å². The summed E-state index contributed by atoms with van der Waals surface area (Å²) < 4.78 is 0. The highest BCUT2D eigenvalue weighted by Crippen LogP contribution is 2.28. The lowest BCUT2D eigenvalue weighted by molar-refractivity contribution is -0.142. The van der Waals surface area contributed by atoms with Crippen LogP contribution in [0, 0.1) is 11.3 Å². The smallest absolute Gasteiger partial charge is 0.245 e. The Kier molecular flexibility index (Phi) is 9.06. The summed E-state index contributed by atoms with van der Waals surface area (Å²) in [6.07, 6.45) is 0. The SMILES string of the molecule is CN[C@H](C(=O)N[C@H](C(=O)N(C)[C@H](CO)C(C)C)C(C)(C)C)C(C)(C)c1ccccc1. The van der Waals surface area contributed by atoms with E-state index in [1.165, 1.54) is 0 Å². The molecule has 170 valence electrons. The summed E-state index contributed by atoms with van der Waals surface area (Å²) in [5.74, 6) is -0.323. The molecule has 30 heavy (non-hydrogen) atoms. The number of aliphatic hydroxyl groups excluding tert-OH is 1. The Morgan fingerprint density at radius 1 is 1.03 bits per heavy atom. The molecule has 0 aliphatic rings. The van der Waals surface area contributed by atoms with E-state index in [0.29, 0.717) is 0 Å². The Balaban J connectivity index is 3.18. The molecule has 0 heterocycles. The predicted molar refractivity (Wildman–Crippen MR) is 122 cm³/mol. The predicted octanol–water partition coefficient (Wildman–Crippen LogP) is 2.56. The van der Waals surface area contributed by atoms with Crippen molar-refractivity contribution in [3.8, 4) is 0 Å². The Morgan fingerprint density at radius 3 is 1.97 bits per heavy atom. The minimum Gasteiger partial charge on any atom is -0.394 e. The topological polar surface area (TPSA) is 81.7 Å². The van der Waals surface area contributed by atoms with Gasteiger partial charge in [0.25, 0.3) is 0 Å². The normalized spacial score (nSPS) is 15.4. The summed E-state index contributed by atoms with van der Waals surface area (Å²) in [4.78, 5) is 28.3. The highest BCUT2D eigenvalue weighted by Gasteiger charge is 2.41. The van der Waals surface area contributed by atoms with Crippen LogP contribution < -0.4 is 10.6 Å². The molecule has 6 heteroatoms. The number of hydrogen-bond donors (Lipinski definition) is 3. The van der Waals surface area contributed by atoms with E-state index in [-0.39, 0.29) is 30.4 Å². The lowest BCUT2D eigenvalue weighted by Gasteiger charge is -2.40. The van der Waals surface area contributed by atoms with Gasteiger partial charge in [-0.3, -0.25) is 9.59 Å². The first-order valence-electron chi connectivity index (χ1n) is 10.7. The standard InChI is InChI=1S/C24H41N3O3/c1-16(2)18(15-28)27(9)22(30)20(23(3,4)5)26-21(29)19(25-8)24(6,7)17-13-11-10-12-14-17/h10-14,16,18-20,25,28H,15H2,1-9H3,(H,26,29)/t18-,19-,20-/m1/s1. The molecule has 0 aliphatic carbocycles. The zero-order valence-electron chi connectivity index (χ0n) is 20.1. The molecule has 0 saturated carbocycles. The molecular formula is C24H41N3O3. The van der Waals surface area contributed by atoms with Crippen molar-refractivity contribution < 1.29 is 14.7 Å². The molecule has 0 radical (unpaired) electrons. The highest BCUT2D eigenvalue weighted by atomic mass is 16.3. The van der Waals surface area contributed by atoms with Gasteiger partial charge in [-0.2, -0.15) is 0 Å². The summed E-state index contributed by atoms with van der Waals surface area (Å²) in [7, 11) is 3.45. The minimum atomic E-state index is -0.717. The lowest BCUT2D eigenvalue weighted by Crippen LogP contribution is -2.62. The number of carbonyl (C=O) groups excluding carboxylic acids is 2. The van der Waals surface area contributed by atoms with Crippen molar-refractivity contribution in [3.05, 3.63) is 35.9 Å². The molecule has 0 fully saturated rings. The Bertz CT molecular complexity index is 695. The number of hydrogen-bond acceptors (Lipinski definition) is 4. The first kappa shape index (κ1) is 26.1. The van der Waals surface area contributed by atoms with E-state index in [1.54, 1.807) is 19.0 Å². The number of carbonyl (C=O) groups is 2. The Labute approximate surface area is 182 Å². The molecule has 2 amide bonds. The summed E-state index contributed by atoms with van der Waals surface area (Å²) in [6, 6.07) is 8.33. The van der Waals surface area contributed by atoms with Gasteiger partial charge in [0.05, 0.1) is 18.7 Å². The van der Waals surface area contributed by atoms with E-state index < -0.39 is 22.9 Å². The van der Waals surface area contributed by atoms with Gasteiger partial charge >= 0.3 is 0 Å². The van der Waals surface area contributed by atoms with Crippen LogP contribution in [0.25, 0.3) is 0 Å². The maximum absolute atomic E-state index is 13.4. The highest BCUT2D eigenvalue weighted by molar-refractivity contribution is 5.91. The van der Waals surface area contributed by atoms with Crippen molar-refractivity contribution in [3.63, 3.8) is 0 Å². The third kappa shape index (κ3) is 6.05. The van der Waals surface area contributed by atoms with Crippen LogP contribution in [0.3, 0.4) is 0 Å². The van der Waals surface area contributed by atoms with Crippen molar-refractivity contribution in [1.29, 1.82) is 0 Å². The maximum atomic E-state index is 13.4. The fourth-order valence-corrected chi connectivity index (χ4v) is 3.88. The van der Waals surface area contributed by atoms with E-state index in [1.807, 2.05) is 78.8 Å². The third-order valence-corrected chi connectivity index (χ3v) is 5.99. The summed E-state index contributed by atoms with van der Waals surface area (Å²) in [5.41, 5.74) is 0.0614. The second kappa shape index (κ2) is 10.4. The molecule has 0 aromatic heterocycles. The van der Waals surface area contributed by atoms with Gasteiger partial charge in [0.15, 0.2) is 0 Å². The van der Waals surface area contributed by atoms with Crippen molar-refractivity contribution in [1.82, 2.24) is 15.5 Å². The van der Waals surface area contributed by atoms with Crippen LogP contribution in [-0.2, 0) is 15.0 Å². The van der Waals surface area contributed by atoms with Crippen LogP contribution in [0.1, 0.15) is 54.0 Å². The van der Waals surface area contributed by atoms with Crippen LogP contribution in [0.2, 0.25) is 0 Å². The largest absolute Gasteiger partial charge is 0.394 e. The van der Waals surface area contributed by atoms with Crippen LogP contribution in [0.4, 0.5) is 0 Å². The van der Waals surface area contributed by atoms with E-state index in [9.17, 15) is 14.7 Å². The first-order chi connectivity index (χ1) is 13.8. The second-order valence-electron chi connectivity index (χ2n) is 10.1. The summed E-state index contributed by atoms with van der Waals surface area (Å²) in [6.45, 7) is 13.7. The van der Waals surface area contributed by atoms with Crippen molar-refractivity contribution in [2.24, 2.45) is 11.3 Å². The quantitative estimate of drug-likeness (QED) is 0.575. The Hall–Kier alpha value is -1.92. The number of rotatable bonds is 9. The molecule has 0 spiro atoms.